The molecule has 2 aromatic carbocycles. The lowest BCUT2D eigenvalue weighted by atomic mass is 10.1. The zero-order chi connectivity index (χ0) is 20.3. The molecule has 28 heavy (non-hydrogen) atoms. The van der Waals surface area contributed by atoms with Crippen LogP contribution in [0.15, 0.2) is 48.7 Å². The molecule has 0 unspecified atom stereocenters. The lowest BCUT2D eigenvalue weighted by Crippen LogP contribution is -2.14. The summed E-state index contributed by atoms with van der Waals surface area (Å²) in [7, 11) is -3.14. The van der Waals surface area contributed by atoms with Crippen molar-refractivity contribution in [3.8, 4) is 0 Å². The Balaban J connectivity index is 1.67. The molecule has 3 aromatic rings. The number of carbonyl (C=O) groups excluding carboxylic acids is 2. The van der Waals surface area contributed by atoms with E-state index in [1.165, 1.54) is 12.1 Å². The molecule has 0 spiro atoms. The summed E-state index contributed by atoms with van der Waals surface area (Å²) < 4.78 is 27.8. The van der Waals surface area contributed by atoms with Gasteiger partial charge in [0.1, 0.15) is 0 Å². The number of Topliss-reactive ketones (excluding diaryl/α,β-unsaturated/α-hetero) is 1. The Labute approximate surface area is 163 Å². The molecule has 0 saturated heterocycles. The minimum absolute atomic E-state index is 0.0961. The van der Waals surface area contributed by atoms with Crippen LogP contribution in [0.5, 0.6) is 0 Å². The Kier molecular flexibility index (Phi) is 5.65. The average Bonchev–Trinajstić information content (AvgIpc) is 3.09. The number of hydrogen-bond acceptors (Lipinski definition) is 5. The van der Waals surface area contributed by atoms with Crippen LogP contribution in [0.1, 0.15) is 38.8 Å². The number of rotatable bonds is 7. The highest BCUT2D eigenvalue weighted by Crippen LogP contribution is 2.22. The minimum Gasteiger partial charge on any atom is -0.454 e. The molecule has 0 aliphatic heterocycles. The van der Waals surface area contributed by atoms with Crippen molar-refractivity contribution in [2.24, 2.45) is 0 Å². The Morgan fingerprint density at radius 1 is 1.07 bits per heavy atom. The molecule has 0 bridgehead atoms. The number of nitrogens with one attached hydrogen (secondary N) is 1. The molecule has 0 aliphatic rings. The second-order valence-electron chi connectivity index (χ2n) is 6.66. The van der Waals surface area contributed by atoms with Crippen LogP contribution in [-0.4, -0.2) is 38.0 Å². The van der Waals surface area contributed by atoms with E-state index in [0.717, 1.165) is 29.1 Å². The molecule has 7 heteroatoms. The minimum atomic E-state index is -3.14. The van der Waals surface area contributed by atoms with Gasteiger partial charge in [-0.25, -0.2) is 13.2 Å². The molecule has 0 atom stereocenters. The van der Waals surface area contributed by atoms with E-state index in [1.54, 1.807) is 18.3 Å². The first-order valence-corrected chi connectivity index (χ1v) is 10.9. The fraction of sp³-hybridized carbons (Fsp3) is 0.238. The van der Waals surface area contributed by atoms with Gasteiger partial charge in [0, 0.05) is 28.9 Å². The van der Waals surface area contributed by atoms with Gasteiger partial charge < -0.3 is 9.72 Å². The fourth-order valence-electron chi connectivity index (χ4n) is 3.07. The van der Waals surface area contributed by atoms with Gasteiger partial charge in [-0.15, -0.1) is 0 Å². The monoisotopic (exact) mass is 399 g/mol. The number of para-hydroxylation sites is 1. The maximum absolute atomic E-state index is 12.5. The quantitative estimate of drug-likeness (QED) is 0.486. The molecule has 6 nitrogen and oxygen atoms in total. The third-order valence-corrected chi connectivity index (χ3v) is 5.29. The number of H-pyrrole nitrogens is 1. The third-order valence-electron chi connectivity index (χ3n) is 4.44. The predicted octanol–water partition coefficient (Wildman–Crippen LogP) is 3.31. The summed E-state index contributed by atoms with van der Waals surface area (Å²) in [6.07, 6.45) is 3.63. The van der Waals surface area contributed by atoms with Crippen molar-refractivity contribution in [1.29, 1.82) is 0 Å². The molecular weight excluding hydrogens is 378 g/mol. The van der Waals surface area contributed by atoms with Crippen LogP contribution < -0.4 is 0 Å². The van der Waals surface area contributed by atoms with E-state index in [0.29, 0.717) is 11.1 Å². The number of aryl methyl sites for hydroxylation is 1. The molecule has 1 aromatic heterocycles. The van der Waals surface area contributed by atoms with Crippen molar-refractivity contribution in [3.05, 3.63) is 70.9 Å². The highest BCUT2D eigenvalue weighted by Gasteiger charge is 2.16. The fourth-order valence-corrected chi connectivity index (χ4v) is 3.87. The second-order valence-corrected chi connectivity index (χ2v) is 8.80. The van der Waals surface area contributed by atoms with Crippen LogP contribution >= 0.6 is 0 Å². The van der Waals surface area contributed by atoms with Gasteiger partial charge in [0.25, 0.3) is 0 Å². The number of esters is 1. The molecule has 0 fully saturated rings. The van der Waals surface area contributed by atoms with Gasteiger partial charge in [0.2, 0.25) is 5.78 Å². The van der Waals surface area contributed by atoms with Gasteiger partial charge in [-0.05, 0) is 29.7 Å². The lowest BCUT2D eigenvalue weighted by molar-refractivity contribution is 0.0475. The van der Waals surface area contributed by atoms with Gasteiger partial charge in [0.05, 0.1) is 11.3 Å². The number of hydrogen-bond donors (Lipinski definition) is 1. The first kappa shape index (κ1) is 19.8. The van der Waals surface area contributed by atoms with Crippen LogP contribution in [0.25, 0.3) is 10.9 Å². The van der Waals surface area contributed by atoms with Crippen LogP contribution in [0.3, 0.4) is 0 Å². The summed E-state index contributed by atoms with van der Waals surface area (Å²) in [5.74, 6) is -1.02. The molecule has 0 amide bonds. The summed E-state index contributed by atoms with van der Waals surface area (Å²) in [6.45, 7) is 1.67. The molecule has 1 heterocycles. The molecule has 1 N–H and O–H groups in total. The van der Waals surface area contributed by atoms with E-state index in [2.05, 4.69) is 4.98 Å². The predicted molar refractivity (Wildman–Crippen MR) is 107 cm³/mol. The molecule has 146 valence electrons. The van der Waals surface area contributed by atoms with Crippen LogP contribution in [-0.2, 0) is 26.7 Å². The van der Waals surface area contributed by atoms with Crippen LogP contribution in [0.2, 0.25) is 0 Å². The van der Waals surface area contributed by atoms with Gasteiger partial charge in [-0.2, -0.15) is 0 Å². The lowest BCUT2D eigenvalue weighted by Gasteiger charge is -2.05. The van der Waals surface area contributed by atoms with Gasteiger partial charge in [0.15, 0.2) is 16.4 Å². The first-order valence-electron chi connectivity index (χ1n) is 8.84. The zero-order valence-electron chi connectivity index (χ0n) is 15.7. The number of fused-ring (bicyclic) bond motifs is 1. The topological polar surface area (TPSA) is 93.3 Å². The van der Waals surface area contributed by atoms with Gasteiger partial charge in [-0.1, -0.05) is 37.3 Å². The molecular formula is C21H21NO5S. The number of carbonyl (C=O) groups is 2. The molecule has 0 saturated carbocycles. The Morgan fingerprint density at radius 2 is 1.79 bits per heavy atom. The van der Waals surface area contributed by atoms with Crippen molar-refractivity contribution >= 4 is 32.5 Å². The average molecular weight is 399 g/mol. The number of aromatic amines is 1. The SMILES string of the molecule is CCc1cccc2c(C(=O)COC(=O)c3ccc(CS(C)(=O)=O)cc3)c[nH]c12. The van der Waals surface area contributed by atoms with Crippen LogP contribution in [0.4, 0.5) is 0 Å². The van der Waals surface area contributed by atoms with E-state index >= 15 is 0 Å². The maximum atomic E-state index is 12.5. The van der Waals surface area contributed by atoms with Crippen molar-refractivity contribution in [2.45, 2.75) is 19.1 Å². The van der Waals surface area contributed by atoms with Crippen molar-refractivity contribution < 1.29 is 22.7 Å². The van der Waals surface area contributed by atoms with E-state index in [1.807, 2.05) is 25.1 Å². The zero-order valence-corrected chi connectivity index (χ0v) is 16.5. The summed E-state index contributed by atoms with van der Waals surface area (Å²) in [4.78, 5) is 27.8. The number of ketones is 1. The summed E-state index contributed by atoms with van der Waals surface area (Å²) in [6, 6.07) is 11.9. The highest BCUT2D eigenvalue weighted by atomic mass is 32.2. The Morgan fingerprint density at radius 3 is 2.43 bits per heavy atom. The Bertz CT molecular complexity index is 1130. The summed E-state index contributed by atoms with van der Waals surface area (Å²) in [5, 5.41) is 0.811. The van der Waals surface area contributed by atoms with E-state index in [9.17, 15) is 18.0 Å². The maximum Gasteiger partial charge on any atom is 0.338 e. The molecule has 0 aliphatic carbocycles. The number of ether oxygens (including phenoxy) is 1. The smallest absolute Gasteiger partial charge is 0.338 e. The van der Waals surface area contributed by atoms with Crippen molar-refractivity contribution in [2.75, 3.05) is 12.9 Å². The number of sulfone groups is 1. The number of benzene rings is 2. The van der Waals surface area contributed by atoms with Crippen LogP contribution in [0, 0.1) is 0 Å². The summed E-state index contributed by atoms with van der Waals surface area (Å²) in [5.41, 5.74) is 3.36. The van der Waals surface area contributed by atoms with Crippen molar-refractivity contribution in [3.63, 3.8) is 0 Å². The standard InChI is InChI=1S/C21H21NO5S/c1-3-15-5-4-6-17-18(11-22-20(15)17)19(23)12-27-21(24)16-9-7-14(8-10-16)13-28(2,25)26/h4-11,22H,3,12-13H2,1-2H3. The second kappa shape index (κ2) is 7.98. The molecule has 0 radical (unpaired) electrons. The normalized spacial score (nSPS) is 11.5. The first-order chi connectivity index (χ1) is 13.3. The van der Waals surface area contributed by atoms with Crippen molar-refractivity contribution in [1.82, 2.24) is 4.98 Å². The third kappa shape index (κ3) is 4.48. The highest BCUT2D eigenvalue weighted by molar-refractivity contribution is 7.89. The van der Waals surface area contributed by atoms with E-state index in [4.69, 9.17) is 4.74 Å². The largest absolute Gasteiger partial charge is 0.454 e. The Hall–Kier alpha value is -2.93. The van der Waals surface area contributed by atoms with E-state index in [-0.39, 0.29) is 23.7 Å². The van der Waals surface area contributed by atoms with E-state index < -0.39 is 15.8 Å². The summed E-state index contributed by atoms with van der Waals surface area (Å²) >= 11 is 0. The van der Waals surface area contributed by atoms with Gasteiger partial charge in [-0.3, -0.25) is 4.79 Å². The number of aromatic nitrogens is 1. The molecule has 3 rings (SSSR count). The van der Waals surface area contributed by atoms with Gasteiger partial charge >= 0.3 is 5.97 Å².